The largest absolute Gasteiger partial charge is 0.451 e. The van der Waals surface area contributed by atoms with Crippen LogP contribution in [0.5, 0.6) is 0 Å². The van der Waals surface area contributed by atoms with Gasteiger partial charge in [-0.05, 0) is 31.0 Å². The van der Waals surface area contributed by atoms with Crippen LogP contribution in [0.25, 0.3) is 0 Å². The van der Waals surface area contributed by atoms with Crippen LogP contribution < -0.4 is 10.9 Å². The molecule has 3 aromatic rings. The Morgan fingerprint density at radius 2 is 1.87 bits per heavy atom. The summed E-state index contributed by atoms with van der Waals surface area (Å²) in [6, 6.07) is 14.2. The van der Waals surface area contributed by atoms with E-state index in [-0.39, 0.29) is 11.3 Å². The van der Waals surface area contributed by atoms with E-state index in [4.69, 9.17) is 4.74 Å². The number of nitrogens with one attached hydrogen (secondary N) is 1. The summed E-state index contributed by atoms with van der Waals surface area (Å²) in [5.41, 5.74) is 2.51. The number of nitrogens with zero attached hydrogens (tertiary/aromatic N) is 4. The average Bonchev–Trinajstić information content (AvgIpc) is 2.98. The molecule has 9 heteroatoms. The van der Waals surface area contributed by atoms with E-state index in [2.05, 4.69) is 16.5 Å². The van der Waals surface area contributed by atoms with Crippen molar-refractivity contribution < 1.29 is 14.3 Å². The third kappa shape index (κ3) is 4.70. The fourth-order valence-corrected chi connectivity index (χ4v) is 3.08. The zero-order chi connectivity index (χ0) is 22.5. The smallest absolute Gasteiger partial charge is 0.359 e. The Hall–Kier alpha value is -4.19. The van der Waals surface area contributed by atoms with Crippen molar-refractivity contribution in [2.75, 3.05) is 11.9 Å². The molecule has 1 aromatic carbocycles. The van der Waals surface area contributed by atoms with Gasteiger partial charge in [0.2, 0.25) is 0 Å². The highest BCUT2D eigenvalue weighted by Gasteiger charge is 2.21. The van der Waals surface area contributed by atoms with Gasteiger partial charge in [-0.1, -0.05) is 30.3 Å². The number of ether oxygens (including phenoxy) is 1. The second-order valence-corrected chi connectivity index (χ2v) is 6.92. The van der Waals surface area contributed by atoms with Crippen molar-refractivity contribution >= 4 is 17.7 Å². The van der Waals surface area contributed by atoms with Crippen molar-refractivity contribution in [2.45, 2.75) is 20.4 Å². The van der Waals surface area contributed by atoms with Crippen LogP contribution in [0.2, 0.25) is 0 Å². The van der Waals surface area contributed by atoms with Gasteiger partial charge in [-0.2, -0.15) is 10.4 Å². The van der Waals surface area contributed by atoms with E-state index in [0.717, 1.165) is 21.5 Å². The number of aryl methyl sites for hydroxylation is 1. The van der Waals surface area contributed by atoms with E-state index in [1.54, 1.807) is 0 Å². The van der Waals surface area contributed by atoms with Crippen LogP contribution in [-0.2, 0) is 23.1 Å². The molecule has 0 aliphatic rings. The summed E-state index contributed by atoms with van der Waals surface area (Å²) >= 11 is 0. The molecule has 0 atom stereocenters. The normalized spacial score (nSPS) is 10.4. The van der Waals surface area contributed by atoms with Crippen molar-refractivity contribution in [3.8, 4) is 6.07 Å². The van der Waals surface area contributed by atoms with Crippen molar-refractivity contribution in [3.63, 3.8) is 0 Å². The molecule has 2 aromatic heterocycles. The molecule has 0 saturated heterocycles. The molecule has 0 saturated carbocycles. The maximum Gasteiger partial charge on any atom is 0.359 e. The van der Waals surface area contributed by atoms with Gasteiger partial charge in [-0.3, -0.25) is 9.59 Å². The van der Waals surface area contributed by atoms with E-state index in [1.165, 1.54) is 19.2 Å². The minimum atomic E-state index is -0.835. The quantitative estimate of drug-likeness (QED) is 0.610. The molecular weight excluding hydrogens is 398 g/mol. The zero-order valence-electron chi connectivity index (χ0n) is 17.4. The summed E-state index contributed by atoms with van der Waals surface area (Å²) in [5.74, 6) is -1.08. The number of hydrogen-bond donors (Lipinski definition) is 1. The fourth-order valence-electron chi connectivity index (χ4n) is 3.08. The molecule has 2 heterocycles. The van der Waals surface area contributed by atoms with Crippen molar-refractivity contribution in [1.82, 2.24) is 14.3 Å². The van der Waals surface area contributed by atoms with Crippen LogP contribution in [-0.4, -0.2) is 32.8 Å². The molecule has 0 unspecified atom stereocenters. The molecule has 0 bridgehead atoms. The Kier molecular flexibility index (Phi) is 6.31. The van der Waals surface area contributed by atoms with E-state index in [9.17, 15) is 19.6 Å². The number of hydrogen-bond acceptors (Lipinski definition) is 6. The zero-order valence-corrected chi connectivity index (χ0v) is 17.4. The number of carbonyl (C=O) groups is 2. The lowest BCUT2D eigenvalue weighted by atomic mass is 10.2. The SMILES string of the molecule is Cc1c(C#N)c(NC(=O)COC(=O)c2ccc(=O)n(C)n2)n(Cc2ccccc2)c1C. The monoisotopic (exact) mass is 419 g/mol. The Morgan fingerprint density at radius 3 is 2.52 bits per heavy atom. The second kappa shape index (κ2) is 9.09. The number of aromatic nitrogens is 3. The molecule has 0 spiro atoms. The first-order valence-electron chi connectivity index (χ1n) is 9.47. The number of rotatable bonds is 6. The van der Waals surface area contributed by atoms with Gasteiger partial charge in [0.15, 0.2) is 12.3 Å². The molecule has 9 nitrogen and oxygen atoms in total. The number of amides is 1. The maximum absolute atomic E-state index is 12.5. The van der Waals surface area contributed by atoms with Gasteiger partial charge in [-0.25, -0.2) is 9.48 Å². The minimum Gasteiger partial charge on any atom is -0.451 e. The highest BCUT2D eigenvalue weighted by Crippen LogP contribution is 2.27. The summed E-state index contributed by atoms with van der Waals surface area (Å²) in [7, 11) is 1.40. The number of benzene rings is 1. The Balaban J connectivity index is 1.76. The molecule has 0 aliphatic carbocycles. The minimum absolute atomic E-state index is 0.0910. The molecule has 158 valence electrons. The first-order valence-corrected chi connectivity index (χ1v) is 9.47. The summed E-state index contributed by atoms with van der Waals surface area (Å²) in [6.45, 7) is 3.59. The summed E-state index contributed by atoms with van der Waals surface area (Å²) in [4.78, 5) is 36.0. The van der Waals surface area contributed by atoms with Crippen LogP contribution in [0.4, 0.5) is 5.82 Å². The fraction of sp³-hybridized carbons (Fsp3) is 0.227. The summed E-state index contributed by atoms with van der Waals surface area (Å²) < 4.78 is 7.85. The number of esters is 1. The van der Waals surface area contributed by atoms with Gasteiger partial charge in [0.05, 0.1) is 5.56 Å². The average molecular weight is 419 g/mol. The van der Waals surface area contributed by atoms with Crippen LogP contribution in [0.15, 0.2) is 47.3 Å². The Bertz CT molecular complexity index is 1240. The van der Waals surface area contributed by atoms with Gasteiger partial charge in [0.25, 0.3) is 11.5 Å². The van der Waals surface area contributed by atoms with E-state index >= 15 is 0 Å². The predicted molar refractivity (Wildman–Crippen MR) is 113 cm³/mol. The molecule has 1 N–H and O–H groups in total. The molecule has 3 rings (SSSR count). The lowest BCUT2D eigenvalue weighted by Crippen LogP contribution is -2.25. The first kappa shape index (κ1) is 21.5. The third-order valence-corrected chi connectivity index (χ3v) is 4.89. The van der Waals surface area contributed by atoms with Crippen LogP contribution in [0.1, 0.15) is 32.9 Å². The number of nitriles is 1. The molecule has 0 fully saturated rings. The molecule has 1 amide bonds. The highest BCUT2D eigenvalue weighted by atomic mass is 16.5. The van der Waals surface area contributed by atoms with Crippen LogP contribution in [0, 0.1) is 25.2 Å². The summed E-state index contributed by atoms with van der Waals surface area (Å²) in [6.07, 6.45) is 0. The van der Waals surface area contributed by atoms with Crippen molar-refractivity contribution in [3.05, 3.63) is 80.9 Å². The number of anilines is 1. The standard InChI is InChI=1S/C22H21N5O4/c1-14-15(2)27(12-16-7-5-4-6-8-16)21(17(14)11-23)24-19(28)13-31-22(30)18-9-10-20(29)26(3)25-18/h4-10H,12-13H2,1-3H3,(H,24,28). The van der Waals surface area contributed by atoms with Gasteiger partial charge in [0, 0.05) is 25.4 Å². The molecule has 0 radical (unpaired) electrons. The first-order chi connectivity index (χ1) is 14.8. The van der Waals surface area contributed by atoms with Crippen molar-refractivity contribution in [1.29, 1.82) is 5.26 Å². The maximum atomic E-state index is 12.5. The van der Waals surface area contributed by atoms with Crippen LogP contribution >= 0.6 is 0 Å². The Labute approximate surface area is 178 Å². The third-order valence-electron chi connectivity index (χ3n) is 4.89. The van der Waals surface area contributed by atoms with Gasteiger partial charge in [-0.15, -0.1) is 0 Å². The second-order valence-electron chi connectivity index (χ2n) is 6.92. The predicted octanol–water partition coefficient (Wildman–Crippen LogP) is 1.91. The van der Waals surface area contributed by atoms with Crippen molar-refractivity contribution in [2.24, 2.45) is 7.05 Å². The topological polar surface area (TPSA) is 119 Å². The Morgan fingerprint density at radius 1 is 1.16 bits per heavy atom. The lowest BCUT2D eigenvalue weighted by Gasteiger charge is -2.13. The number of carbonyl (C=O) groups excluding carboxylic acids is 2. The van der Waals surface area contributed by atoms with E-state index < -0.39 is 18.5 Å². The van der Waals surface area contributed by atoms with Gasteiger partial charge in [0.1, 0.15) is 11.9 Å². The molecule has 0 aliphatic heterocycles. The van der Waals surface area contributed by atoms with Crippen LogP contribution in [0.3, 0.4) is 0 Å². The molecular formula is C22H21N5O4. The van der Waals surface area contributed by atoms with Gasteiger partial charge >= 0.3 is 5.97 Å². The van der Waals surface area contributed by atoms with Gasteiger partial charge < -0.3 is 14.6 Å². The molecule has 31 heavy (non-hydrogen) atoms. The van der Waals surface area contributed by atoms with E-state index in [0.29, 0.717) is 17.9 Å². The highest BCUT2D eigenvalue weighted by molar-refractivity contribution is 5.95. The van der Waals surface area contributed by atoms with E-state index in [1.807, 2.05) is 48.7 Å². The summed E-state index contributed by atoms with van der Waals surface area (Å²) in [5, 5.41) is 16.1. The lowest BCUT2D eigenvalue weighted by molar-refractivity contribution is -0.119.